The second-order valence-corrected chi connectivity index (χ2v) is 6.27. The first-order valence-electron chi connectivity index (χ1n) is 7.19. The van der Waals surface area contributed by atoms with Gasteiger partial charge in [0.2, 0.25) is 0 Å². The molecule has 0 aromatic heterocycles. The van der Waals surface area contributed by atoms with Crippen molar-refractivity contribution in [3.05, 3.63) is 76.7 Å². The van der Waals surface area contributed by atoms with Gasteiger partial charge < -0.3 is 9.47 Å². The second kappa shape index (κ2) is 6.75. The number of methoxy groups -OCH3 is 1. The fraction of sp³-hybridized carbons (Fsp3) is 0.105. The van der Waals surface area contributed by atoms with E-state index in [-0.39, 0.29) is 5.97 Å². The standard InChI is InChI=1S/C19H16O3S/c1-13-19(15-8-10-16(21-2)11-9-15)22-18(20)12-17(23-13)14-6-4-3-5-7-14/h3-12H,1-2H3. The number of thioether (sulfide) groups is 1. The predicted octanol–water partition coefficient (Wildman–Crippen LogP) is 4.71. The third-order valence-electron chi connectivity index (χ3n) is 3.44. The van der Waals surface area contributed by atoms with E-state index in [2.05, 4.69) is 0 Å². The minimum Gasteiger partial charge on any atom is -0.497 e. The number of benzene rings is 2. The summed E-state index contributed by atoms with van der Waals surface area (Å²) in [5, 5.41) is 0. The zero-order valence-corrected chi connectivity index (χ0v) is 13.7. The maximum atomic E-state index is 12.1. The summed E-state index contributed by atoms with van der Waals surface area (Å²) in [5.74, 6) is 0.992. The van der Waals surface area contributed by atoms with Gasteiger partial charge in [0.05, 0.1) is 7.11 Å². The molecule has 0 unspecified atom stereocenters. The molecule has 4 heteroatoms. The Kier molecular flexibility index (Phi) is 4.53. The Hall–Kier alpha value is -2.46. The first-order valence-corrected chi connectivity index (χ1v) is 8.01. The van der Waals surface area contributed by atoms with Crippen molar-refractivity contribution in [3.63, 3.8) is 0 Å². The number of allylic oxidation sites excluding steroid dienone is 1. The van der Waals surface area contributed by atoms with Crippen LogP contribution in [0.2, 0.25) is 0 Å². The van der Waals surface area contributed by atoms with Crippen molar-refractivity contribution in [1.29, 1.82) is 0 Å². The molecule has 0 fully saturated rings. The highest BCUT2D eigenvalue weighted by Gasteiger charge is 2.19. The van der Waals surface area contributed by atoms with Crippen LogP contribution in [0.1, 0.15) is 18.1 Å². The molecule has 0 amide bonds. The molecular weight excluding hydrogens is 308 g/mol. The van der Waals surface area contributed by atoms with Crippen molar-refractivity contribution in [2.75, 3.05) is 7.11 Å². The number of esters is 1. The highest BCUT2D eigenvalue weighted by atomic mass is 32.2. The monoisotopic (exact) mass is 324 g/mol. The molecule has 0 saturated carbocycles. The van der Waals surface area contributed by atoms with Crippen LogP contribution in [0.15, 0.2) is 65.6 Å². The number of rotatable bonds is 3. The van der Waals surface area contributed by atoms with Crippen molar-refractivity contribution in [3.8, 4) is 5.75 Å². The normalized spacial score (nSPS) is 14.9. The quantitative estimate of drug-likeness (QED) is 0.766. The number of hydrogen-bond donors (Lipinski definition) is 0. The van der Waals surface area contributed by atoms with Crippen LogP contribution in [0.4, 0.5) is 0 Å². The molecule has 0 spiro atoms. The summed E-state index contributed by atoms with van der Waals surface area (Å²) in [6.45, 7) is 1.96. The molecule has 0 aliphatic carbocycles. The lowest BCUT2D eigenvalue weighted by molar-refractivity contribution is -0.131. The molecule has 2 aromatic rings. The first-order chi connectivity index (χ1) is 11.2. The van der Waals surface area contributed by atoms with Crippen LogP contribution < -0.4 is 4.74 Å². The van der Waals surface area contributed by atoms with Gasteiger partial charge in [0.15, 0.2) is 0 Å². The van der Waals surface area contributed by atoms with Crippen LogP contribution in [0.5, 0.6) is 5.75 Å². The minimum atomic E-state index is -0.362. The fourth-order valence-electron chi connectivity index (χ4n) is 2.30. The molecule has 1 aliphatic heterocycles. The minimum absolute atomic E-state index is 0.362. The SMILES string of the molecule is COc1ccc(C2=C(C)SC(c3ccccc3)=CC(=O)O2)cc1. The van der Waals surface area contributed by atoms with Gasteiger partial charge in [-0.1, -0.05) is 42.1 Å². The van der Waals surface area contributed by atoms with Crippen molar-refractivity contribution < 1.29 is 14.3 Å². The van der Waals surface area contributed by atoms with E-state index >= 15 is 0 Å². The van der Waals surface area contributed by atoms with Crippen LogP contribution in [-0.4, -0.2) is 13.1 Å². The van der Waals surface area contributed by atoms with E-state index in [9.17, 15) is 4.79 Å². The molecule has 3 nitrogen and oxygen atoms in total. The van der Waals surface area contributed by atoms with Crippen molar-refractivity contribution in [2.45, 2.75) is 6.92 Å². The summed E-state index contributed by atoms with van der Waals surface area (Å²) in [5.41, 5.74) is 1.86. The zero-order chi connectivity index (χ0) is 16.2. The Balaban J connectivity index is 1.95. The summed E-state index contributed by atoms with van der Waals surface area (Å²) >= 11 is 1.54. The molecule has 1 heterocycles. The van der Waals surface area contributed by atoms with Gasteiger partial charge in [-0.15, -0.1) is 0 Å². The summed E-state index contributed by atoms with van der Waals surface area (Å²) < 4.78 is 10.7. The highest BCUT2D eigenvalue weighted by Crippen LogP contribution is 2.40. The Morgan fingerprint density at radius 1 is 0.957 bits per heavy atom. The van der Waals surface area contributed by atoms with Crippen molar-refractivity contribution in [1.82, 2.24) is 0 Å². The van der Waals surface area contributed by atoms with Crippen molar-refractivity contribution >= 4 is 28.4 Å². The van der Waals surface area contributed by atoms with E-state index in [0.29, 0.717) is 5.76 Å². The lowest BCUT2D eigenvalue weighted by Gasteiger charge is -2.10. The van der Waals surface area contributed by atoms with E-state index in [0.717, 1.165) is 26.7 Å². The number of cyclic esters (lactones) is 1. The van der Waals surface area contributed by atoms with Gasteiger partial charge in [-0.3, -0.25) is 0 Å². The van der Waals surface area contributed by atoms with Gasteiger partial charge in [-0.2, -0.15) is 0 Å². The van der Waals surface area contributed by atoms with Crippen molar-refractivity contribution in [2.24, 2.45) is 0 Å². The van der Waals surface area contributed by atoms with Gasteiger partial charge in [0, 0.05) is 21.4 Å². The molecule has 116 valence electrons. The Bertz CT molecular complexity index is 774. The molecule has 0 saturated heterocycles. The summed E-state index contributed by atoms with van der Waals surface area (Å²) in [4.78, 5) is 14.0. The van der Waals surface area contributed by atoms with E-state index in [1.54, 1.807) is 24.9 Å². The number of carbonyl (C=O) groups excluding carboxylic acids is 1. The smallest absolute Gasteiger partial charge is 0.337 e. The van der Waals surface area contributed by atoms with Gasteiger partial charge in [-0.05, 0) is 36.8 Å². The molecule has 1 aliphatic rings. The molecule has 2 aromatic carbocycles. The third kappa shape index (κ3) is 3.48. The summed E-state index contributed by atoms with van der Waals surface area (Å²) in [7, 11) is 1.62. The summed E-state index contributed by atoms with van der Waals surface area (Å²) in [6.07, 6.45) is 1.54. The highest BCUT2D eigenvalue weighted by molar-refractivity contribution is 8.11. The Labute approximate surface area is 139 Å². The molecular formula is C19H16O3S. The predicted molar refractivity (Wildman–Crippen MR) is 93.7 cm³/mol. The van der Waals surface area contributed by atoms with Crippen LogP contribution in [0, 0.1) is 0 Å². The average molecular weight is 324 g/mol. The van der Waals surface area contributed by atoms with E-state index in [1.807, 2.05) is 61.5 Å². The lowest BCUT2D eigenvalue weighted by atomic mass is 10.1. The van der Waals surface area contributed by atoms with Crippen LogP contribution in [-0.2, 0) is 9.53 Å². The fourth-order valence-corrected chi connectivity index (χ4v) is 3.29. The Morgan fingerprint density at radius 3 is 2.30 bits per heavy atom. The number of carbonyl (C=O) groups is 1. The largest absolute Gasteiger partial charge is 0.497 e. The van der Waals surface area contributed by atoms with E-state index in [4.69, 9.17) is 9.47 Å². The number of ether oxygens (including phenoxy) is 2. The first kappa shape index (κ1) is 15.4. The maximum absolute atomic E-state index is 12.1. The third-order valence-corrected chi connectivity index (χ3v) is 4.51. The van der Waals surface area contributed by atoms with Gasteiger partial charge >= 0.3 is 5.97 Å². The zero-order valence-electron chi connectivity index (χ0n) is 12.9. The lowest BCUT2D eigenvalue weighted by Crippen LogP contribution is -2.00. The van der Waals surface area contributed by atoms with Crippen LogP contribution in [0.25, 0.3) is 10.7 Å². The van der Waals surface area contributed by atoms with Crippen LogP contribution >= 0.6 is 11.8 Å². The molecule has 0 N–H and O–H groups in total. The van der Waals surface area contributed by atoms with E-state index < -0.39 is 0 Å². The van der Waals surface area contributed by atoms with Gasteiger partial charge in [0.1, 0.15) is 11.5 Å². The second-order valence-electron chi connectivity index (χ2n) is 5.01. The van der Waals surface area contributed by atoms with Gasteiger partial charge in [-0.25, -0.2) is 4.79 Å². The average Bonchev–Trinajstić information content (AvgIpc) is 2.74. The maximum Gasteiger partial charge on any atom is 0.337 e. The number of hydrogen-bond acceptors (Lipinski definition) is 4. The molecule has 3 rings (SSSR count). The summed E-state index contributed by atoms with van der Waals surface area (Å²) in [6, 6.07) is 17.3. The van der Waals surface area contributed by atoms with Gasteiger partial charge in [0.25, 0.3) is 0 Å². The topological polar surface area (TPSA) is 35.5 Å². The van der Waals surface area contributed by atoms with E-state index in [1.165, 1.54) is 0 Å². The van der Waals surface area contributed by atoms with Crippen LogP contribution in [0.3, 0.4) is 0 Å². The molecule has 0 bridgehead atoms. The molecule has 23 heavy (non-hydrogen) atoms. The molecule has 0 radical (unpaired) electrons. The molecule has 0 atom stereocenters. The Morgan fingerprint density at radius 2 is 1.65 bits per heavy atom.